The van der Waals surface area contributed by atoms with E-state index < -0.39 is 0 Å². The molecule has 3 rings (SSSR count). The van der Waals surface area contributed by atoms with E-state index >= 15 is 0 Å². The molecule has 5 heteroatoms. The molecule has 2 heterocycles. The van der Waals surface area contributed by atoms with E-state index in [2.05, 4.69) is 34.5 Å². The van der Waals surface area contributed by atoms with Gasteiger partial charge in [0, 0.05) is 43.2 Å². The molecule has 0 amide bonds. The number of benzene rings is 1. The number of carbonyl (C=O) groups is 1. The molecule has 1 aromatic rings. The summed E-state index contributed by atoms with van der Waals surface area (Å²) >= 11 is 2.05. The van der Waals surface area contributed by atoms with Gasteiger partial charge in [-0.25, -0.2) is 4.79 Å². The second-order valence-corrected chi connectivity index (χ2v) is 7.31. The summed E-state index contributed by atoms with van der Waals surface area (Å²) in [5.41, 5.74) is 2.35. The fraction of sp³-hybridized carbons (Fsp3) is 0.588. The Balaban J connectivity index is 1.48. The van der Waals surface area contributed by atoms with Crippen LogP contribution in [0.1, 0.15) is 18.9 Å². The van der Waals surface area contributed by atoms with Crippen LogP contribution in [0.4, 0.5) is 5.69 Å². The SMILES string of the molecule is C[C@H]1C[C@@H](Nc2ccc(CCN3CCSCC3)cc2)C(=O)O1. The van der Waals surface area contributed by atoms with Crippen molar-refractivity contribution in [2.45, 2.75) is 31.9 Å². The first kappa shape index (κ1) is 15.7. The molecule has 2 fully saturated rings. The number of hydrogen-bond acceptors (Lipinski definition) is 5. The zero-order valence-electron chi connectivity index (χ0n) is 13.1. The average Bonchev–Trinajstić information content (AvgIpc) is 2.85. The van der Waals surface area contributed by atoms with Gasteiger partial charge in [0.2, 0.25) is 0 Å². The summed E-state index contributed by atoms with van der Waals surface area (Å²) in [4.78, 5) is 14.2. The van der Waals surface area contributed by atoms with Gasteiger partial charge in [-0.1, -0.05) is 12.1 Å². The van der Waals surface area contributed by atoms with E-state index in [-0.39, 0.29) is 18.1 Å². The number of ether oxygens (including phenoxy) is 1. The Labute approximate surface area is 136 Å². The molecule has 2 aliphatic heterocycles. The number of anilines is 1. The largest absolute Gasteiger partial charge is 0.461 e. The molecular weight excluding hydrogens is 296 g/mol. The second-order valence-electron chi connectivity index (χ2n) is 6.08. The molecule has 120 valence electrons. The number of nitrogens with one attached hydrogen (secondary N) is 1. The maximum Gasteiger partial charge on any atom is 0.328 e. The van der Waals surface area contributed by atoms with Crippen molar-refractivity contribution in [3.8, 4) is 0 Å². The molecule has 0 unspecified atom stereocenters. The molecule has 2 atom stereocenters. The van der Waals surface area contributed by atoms with Crippen LogP contribution in [0, 0.1) is 0 Å². The van der Waals surface area contributed by atoms with Gasteiger partial charge in [0.25, 0.3) is 0 Å². The zero-order chi connectivity index (χ0) is 15.4. The lowest BCUT2D eigenvalue weighted by molar-refractivity contribution is -0.141. The Kier molecular flexibility index (Phi) is 5.26. The van der Waals surface area contributed by atoms with E-state index in [9.17, 15) is 4.79 Å². The van der Waals surface area contributed by atoms with Gasteiger partial charge in [-0.2, -0.15) is 11.8 Å². The van der Waals surface area contributed by atoms with Crippen molar-refractivity contribution in [3.05, 3.63) is 29.8 Å². The Morgan fingerprint density at radius 2 is 2.00 bits per heavy atom. The summed E-state index contributed by atoms with van der Waals surface area (Å²) in [5.74, 6) is 2.39. The molecule has 4 nitrogen and oxygen atoms in total. The van der Waals surface area contributed by atoms with Crippen LogP contribution in [-0.4, -0.2) is 54.2 Å². The van der Waals surface area contributed by atoms with Gasteiger partial charge in [0.15, 0.2) is 0 Å². The Bertz CT molecular complexity index is 500. The van der Waals surface area contributed by atoms with Gasteiger partial charge < -0.3 is 15.0 Å². The molecule has 2 saturated heterocycles. The number of thioether (sulfide) groups is 1. The van der Waals surface area contributed by atoms with Gasteiger partial charge in [0.1, 0.15) is 12.1 Å². The molecular formula is C17H24N2O2S. The van der Waals surface area contributed by atoms with Crippen LogP contribution in [0.15, 0.2) is 24.3 Å². The lowest BCUT2D eigenvalue weighted by Gasteiger charge is -2.26. The molecule has 0 saturated carbocycles. The van der Waals surface area contributed by atoms with Gasteiger partial charge in [0.05, 0.1) is 0 Å². The summed E-state index contributed by atoms with van der Waals surface area (Å²) in [6.07, 6.45) is 1.85. The highest BCUT2D eigenvalue weighted by atomic mass is 32.2. The zero-order valence-corrected chi connectivity index (χ0v) is 13.9. The first-order chi connectivity index (χ1) is 10.7. The minimum atomic E-state index is -0.202. The molecule has 1 N–H and O–H groups in total. The molecule has 1 aromatic carbocycles. The minimum absolute atomic E-state index is 0.0204. The molecule has 22 heavy (non-hydrogen) atoms. The van der Waals surface area contributed by atoms with Crippen molar-refractivity contribution in [2.24, 2.45) is 0 Å². The fourth-order valence-corrected chi connectivity index (χ4v) is 3.93. The quantitative estimate of drug-likeness (QED) is 0.844. The predicted molar refractivity (Wildman–Crippen MR) is 91.5 cm³/mol. The van der Waals surface area contributed by atoms with Crippen LogP contribution >= 0.6 is 11.8 Å². The number of nitrogens with zero attached hydrogens (tertiary/aromatic N) is 1. The van der Waals surface area contributed by atoms with E-state index in [0.29, 0.717) is 0 Å². The summed E-state index contributed by atoms with van der Waals surface area (Å²) in [7, 11) is 0. The van der Waals surface area contributed by atoms with Crippen molar-refractivity contribution in [3.63, 3.8) is 0 Å². The van der Waals surface area contributed by atoms with Crippen LogP contribution < -0.4 is 5.32 Å². The summed E-state index contributed by atoms with van der Waals surface area (Å²) in [6.45, 7) is 5.50. The standard InChI is InChI=1S/C17H24N2O2S/c1-13-12-16(17(20)21-13)18-15-4-2-14(3-5-15)6-7-19-8-10-22-11-9-19/h2-5,13,16,18H,6-12H2,1H3/t13-,16+/m0/s1. The summed E-state index contributed by atoms with van der Waals surface area (Å²) < 4.78 is 5.17. The van der Waals surface area contributed by atoms with E-state index in [1.54, 1.807) is 0 Å². The van der Waals surface area contributed by atoms with E-state index in [1.807, 2.05) is 18.7 Å². The Hall–Kier alpha value is -1.20. The number of carbonyl (C=O) groups excluding carboxylic acids is 1. The fourth-order valence-electron chi connectivity index (χ4n) is 2.96. The number of esters is 1. The molecule has 0 radical (unpaired) electrons. The van der Waals surface area contributed by atoms with Crippen molar-refractivity contribution >= 4 is 23.4 Å². The van der Waals surface area contributed by atoms with Crippen LogP contribution in [0.3, 0.4) is 0 Å². The van der Waals surface area contributed by atoms with Gasteiger partial charge >= 0.3 is 5.97 Å². The summed E-state index contributed by atoms with van der Waals surface area (Å²) in [6, 6.07) is 8.25. The van der Waals surface area contributed by atoms with Crippen LogP contribution in [0.5, 0.6) is 0 Å². The van der Waals surface area contributed by atoms with Crippen molar-refractivity contribution in [1.29, 1.82) is 0 Å². The predicted octanol–water partition coefficient (Wildman–Crippen LogP) is 2.39. The second kappa shape index (κ2) is 7.38. The van der Waals surface area contributed by atoms with E-state index in [4.69, 9.17) is 4.74 Å². The highest BCUT2D eigenvalue weighted by molar-refractivity contribution is 7.99. The third-order valence-electron chi connectivity index (χ3n) is 4.28. The average molecular weight is 320 g/mol. The lowest BCUT2D eigenvalue weighted by Crippen LogP contribution is -2.34. The molecule has 0 aliphatic carbocycles. The van der Waals surface area contributed by atoms with E-state index in [1.165, 1.54) is 30.2 Å². The van der Waals surface area contributed by atoms with Crippen LogP contribution in [0.25, 0.3) is 0 Å². The summed E-state index contributed by atoms with van der Waals surface area (Å²) in [5, 5.41) is 3.27. The van der Waals surface area contributed by atoms with Gasteiger partial charge in [-0.05, 0) is 31.0 Å². The Morgan fingerprint density at radius 1 is 1.27 bits per heavy atom. The Morgan fingerprint density at radius 3 is 2.64 bits per heavy atom. The molecule has 0 spiro atoms. The molecule has 0 bridgehead atoms. The maximum atomic E-state index is 11.6. The highest BCUT2D eigenvalue weighted by Crippen LogP contribution is 2.20. The number of rotatable bonds is 5. The van der Waals surface area contributed by atoms with E-state index in [0.717, 1.165) is 25.1 Å². The van der Waals surface area contributed by atoms with Crippen LogP contribution in [0.2, 0.25) is 0 Å². The highest BCUT2D eigenvalue weighted by Gasteiger charge is 2.31. The number of hydrogen-bond donors (Lipinski definition) is 1. The number of cyclic esters (lactones) is 1. The van der Waals surface area contributed by atoms with Crippen molar-refractivity contribution in [2.75, 3.05) is 36.5 Å². The smallest absolute Gasteiger partial charge is 0.328 e. The van der Waals surface area contributed by atoms with Crippen molar-refractivity contribution in [1.82, 2.24) is 4.90 Å². The van der Waals surface area contributed by atoms with Crippen molar-refractivity contribution < 1.29 is 9.53 Å². The maximum absolute atomic E-state index is 11.6. The van der Waals surface area contributed by atoms with Crippen LogP contribution in [-0.2, 0) is 16.0 Å². The molecule has 2 aliphatic rings. The van der Waals surface area contributed by atoms with Gasteiger partial charge in [-0.15, -0.1) is 0 Å². The normalized spacial score (nSPS) is 26.0. The topological polar surface area (TPSA) is 41.6 Å². The minimum Gasteiger partial charge on any atom is -0.461 e. The lowest BCUT2D eigenvalue weighted by atomic mass is 10.1. The monoisotopic (exact) mass is 320 g/mol. The first-order valence-corrected chi connectivity index (χ1v) is 9.22. The third-order valence-corrected chi connectivity index (χ3v) is 5.23. The molecule has 0 aromatic heterocycles. The third kappa shape index (κ3) is 4.17. The van der Waals surface area contributed by atoms with Gasteiger partial charge in [-0.3, -0.25) is 0 Å². The first-order valence-electron chi connectivity index (χ1n) is 8.07.